The third kappa shape index (κ3) is 3.14. The number of rotatable bonds is 3. The number of nitrogens with zero attached hydrogens (tertiary/aromatic N) is 2. The van der Waals surface area contributed by atoms with Gasteiger partial charge in [0.25, 0.3) is 0 Å². The van der Waals surface area contributed by atoms with Gasteiger partial charge in [0.2, 0.25) is 0 Å². The van der Waals surface area contributed by atoms with Crippen LogP contribution in [0.3, 0.4) is 0 Å². The zero-order valence-corrected chi connectivity index (χ0v) is 9.62. The summed E-state index contributed by atoms with van der Waals surface area (Å²) in [6.45, 7) is 1.99. The second kappa shape index (κ2) is 5.25. The summed E-state index contributed by atoms with van der Waals surface area (Å²) in [6.07, 6.45) is 3.51. The molecule has 0 radical (unpaired) electrons. The number of benzene rings is 1. The van der Waals surface area contributed by atoms with Gasteiger partial charge in [0, 0.05) is 12.4 Å². The van der Waals surface area contributed by atoms with E-state index in [0.717, 1.165) is 11.3 Å². The van der Waals surface area contributed by atoms with Crippen LogP contribution in [-0.2, 0) is 0 Å². The maximum Gasteiger partial charge on any atom is 0.116 e. The van der Waals surface area contributed by atoms with Gasteiger partial charge in [-0.2, -0.15) is 0 Å². The standard InChI is InChI=1S/C14H14N2O/c1-11(14-7-2-3-8-15-14)16-10-12-5-4-6-13(17)9-12/h2-11,17H,1H3/t11-/m0/s1. The fourth-order valence-electron chi connectivity index (χ4n) is 1.50. The molecule has 0 amide bonds. The lowest BCUT2D eigenvalue weighted by Crippen LogP contribution is -1.93. The lowest BCUT2D eigenvalue weighted by molar-refractivity contribution is 0.475. The summed E-state index contributed by atoms with van der Waals surface area (Å²) in [7, 11) is 0. The Balaban J connectivity index is 2.11. The van der Waals surface area contributed by atoms with Crippen molar-refractivity contribution in [3.05, 3.63) is 59.9 Å². The molecule has 2 aromatic rings. The van der Waals surface area contributed by atoms with Crippen molar-refractivity contribution in [2.24, 2.45) is 4.99 Å². The minimum absolute atomic E-state index is 0.0125. The molecule has 1 atom stereocenters. The van der Waals surface area contributed by atoms with Gasteiger partial charge in [0.1, 0.15) is 5.75 Å². The molecule has 0 unspecified atom stereocenters. The topological polar surface area (TPSA) is 45.5 Å². The third-order valence-electron chi connectivity index (χ3n) is 2.43. The van der Waals surface area contributed by atoms with E-state index >= 15 is 0 Å². The van der Waals surface area contributed by atoms with E-state index in [1.807, 2.05) is 31.2 Å². The van der Waals surface area contributed by atoms with Gasteiger partial charge in [0.05, 0.1) is 11.7 Å². The molecule has 86 valence electrons. The first-order valence-corrected chi connectivity index (χ1v) is 5.49. The van der Waals surface area contributed by atoms with Crippen molar-refractivity contribution in [3.8, 4) is 5.75 Å². The Morgan fingerprint density at radius 1 is 1.24 bits per heavy atom. The summed E-state index contributed by atoms with van der Waals surface area (Å²) in [4.78, 5) is 8.65. The summed E-state index contributed by atoms with van der Waals surface area (Å²) in [6, 6.07) is 12.8. The monoisotopic (exact) mass is 226 g/mol. The predicted molar refractivity (Wildman–Crippen MR) is 68.4 cm³/mol. The average molecular weight is 226 g/mol. The summed E-state index contributed by atoms with van der Waals surface area (Å²) >= 11 is 0. The van der Waals surface area contributed by atoms with Crippen molar-refractivity contribution < 1.29 is 5.11 Å². The Kier molecular flexibility index (Phi) is 3.50. The maximum atomic E-state index is 9.32. The SMILES string of the molecule is C[C@H](N=Cc1cccc(O)c1)c1ccccn1. The van der Waals surface area contributed by atoms with E-state index in [1.165, 1.54) is 0 Å². The van der Waals surface area contributed by atoms with Crippen LogP contribution in [-0.4, -0.2) is 16.3 Å². The summed E-state index contributed by atoms with van der Waals surface area (Å²) < 4.78 is 0. The van der Waals surface area contributed by atoms with Crippen molar-refractivity contribution in [2.45, 2.75) is 13.0 Å². The molecule has 0 spiro atoms. The largest absolute Gasteiger partial charge is 0.508 e. The number of aliphatic imine (C=N–C) groups is 1. The molecule has 0 aliphatic heterocycles. The molecule has 2 rings (SSSR count). The Morgan fingerprint density at radius 3 is 2.82 bits per heavy atom. The fraction of sp³-hybridized carbons (Fsp3) is 0.143. The van der Waals surface area contributed by atoms with Crippen molar-refractivity contribution >= 4 is 6.21 Å². The first kappa shape index (κ1) is 11.3. The Labute approximate surface area is 100 Å². The van der Waals surface area contributed by atoms with E-state index in [4.69, 9.17) is 0 Å². The molecule has 17 heavy (non-hydrogen) atoms. The number of hydrogen-bond acceptors (Lipinski definition) is 3. The van der Waals surface area contributed by atoms with Crippen LogP contribution in [0, 0.1) is 0 Å². The van der Waals surface area contributed by atoms with Crippen LogP contribution in [0.15, 0.2) is 53.7 Å². The van der Waals surface area contributed by atoms with Gasteiger partial charge < -0.3 is 5.11 Å². The number of phenols is 1. The minimum atomic E-state index is 0.0125. The molecule has 1 heterocycles. The first-order chi connectivity index (χ1) is 8.25. The zero-order chi connectivity index (χ0) is 12.1. The quantitative estimate of drug-likeness (QED) is 0.818. The molecule has 0 saturated carbocycles. The van der Waals surface area contributed by atoms with Crippen LogP contribution in [0.2, 0.25) is 0 Å². The number of hydrogen-bond donors (Lipinski definition) is 1. The second-order valence-electron chi connectivity index (χ2n) is 3.80. The number of aromatic hydroxyl groups is 1. The number of phenolic OH excluding ortho intramolecular Hbond substituents is 1. The molecule has 0 saturated heterocycles. The van der Waals surface area contributed by atoms with Crippen molar-refractivity contribution in [2.75, 3.05) is 0 Å². The van der Waals surface area contributed by atoms with E-state index in [1.54, 1.807) is 30.6 Å². The van der Waals surface area contributed by atoms with E-state index < -0.39 is 0 Å². The lowest BCUT2D eigenvalue weighted by atomic mass is 10.2. The van der Waals surface area contributed by atoms with Crippen LogP contribution >= 0.6 is 0 Å². The van der Waals surface area contributed by atoms with Gasteiger partial charge in [-0.25, -0.2) is 0 Å². The average Bonchev–Trinajstić information content (AvgIpc) is 2.37. The Morgan fingerprint density at radius 2 is 2.12 bits per heavy atom. The van der Waals surface area contributed by atoms with Crippen molar-refractivity contribution in [3.63, 3.8) is 0 Å². The molecule has 1 N–H and O–H groups in total. The zero-order valence-electron chi connectivity index (χ0n) is 9.62. The summed E-state index contributed by atoms with van der Waals surface area (Å²) in [5, 5.41) is 9.32. The second-order valence-corrected chi connectivity index (χ2v) is 3.80. The van der Waals surface area contributed by atoms with E-state index in [-0.39, 0.29) is 11.8 Å². The van der Waals surface area contributed by atoms with Crippen LogP contribution < -0.4 is 0 Å². The highest BCUT2D eigenvalue weighted by atomic mass is 16.3. The van der Waals surface area contributed by atoms with Gasteiger partial charge in [0.15, 0.2) is 0 Å². The Bertz CT molecular complexity index is 509. The first-order valence-electron chi connectivity index (χ1n) is 5.49. The highest BCUT2D eigenvalue weighted by Gasteiger charge is 2.02. The highest BCUT2D eigenvalue weighted by molar-refractivity contribution is 5.80. The van der Waals surface area contributed by atoms with Gasteiger partial charge in [-0.1, -0.05) is 18.2 Å². The molecule has 1 aromatic carbocycles. The Hall–Kier alpha value is -2.16. The van der Waals surface area contributed by atoms with Crippen LogP contribution in [0.4, 0.5) is 0 Å². The predicted octanol–water partition coefficient (Wildman–Crippen LogP) is 2.97. The molecule has 0 fully saturated rings. The van der Waals surface area contributed by atoms with Gasteiger partial charge in [-0.3, -0.25) is 9.98 Å². The van der Waals surface area contributed by atoms with Crippen LogP contribution in [0.25, 0.3) is 0 Å². The van der Waals surface area contributed by atoms with Gasteiger partial charge >= 0.3 is 0 Å². The van der Waals surface area contributed by atoms with Gasteiger partial charge in [-0.05, 0) is 36.8 Å². The molecule has 3 heteroatoms. The highest BCUT2D eigenvalue weighted by Crippen LogP contribution is 2.14. The minimum Gasteiger partial charge on any atom is -0.508 e. The van der Waals surface area contributed by atoms with E-state index in [9.17, 15) is 5.11 Å². The third-order valence-corrected chi connectivity index (χ3v) is 2.43. The maximum absolute atomic E-state index is 9.32. The lowest BCUT2D eigenvalue weighted by Gasteiger charge is -2.04. The van der Waals surface area contributed by atoms with Crippen molar-refractivity contribution in [1.29, 1.82) is 0 Å². The molecule has 1 aromatic heterocycles. The van der Waals surface area contributed by atoms with E-state index in [2.05, 4.69) is 9.98 Å². The van der Waals surface area contributed by atoms with E-state index in [0.29, 0.717) is 0 Å². The fourth-order valence-corrected chi connectivity index (χ4v) is 1.50. The number of pyridine rings is 1. The number of aromatic nitrogens is 1. The molecular formula is C14H14N2O. The van der Waals surface area contributed by atoms with Crippen LogP contribution in [0.1, 0.15) is 24.2 Å². The van der Waals surface area contributed by atoms with Crippen molar-refractivity contribution in [1.82, 2.24) is 4.98 Å². The molecule has 3 nitrogen and oxygen atoms in total. The molecular weight excluding hydrogens is 212 g/mol. The smallest absolute Gasteiger partial charge is 0.116 e. The molecule has 0 aliphatic rings. The molecule has 0 aliphatic carbocycles. The van der Waals surface area contributed by atoms with Crippen LogP contribution in [0.5, 0.6) is 5.75 Å². The summed E-state index contributed by atoms with van der Waals surface area (Å²) in [5.41, 5.74) is 1.82. The normalized spacial score (nSPS) is 12.8. The van der Waals surface area contributed by atoms with Gasteiger partial charge in [-0.15, -0.1) is 0 Å². The summed E-state index contributed by atoms with van der Waals surface area (Å²) in [5.74, 6) is 0.249. The molecule has 0 bridgehead atoms.